The zero-order chi connectivity index (χ0) is 13.5. The van der Waals surface area contributed by atoms with Crippen LogP contribution in [0, 0.1) is 6.92 Å². The molecule has 0 radical (unpaired) electrons. The van der Waals surface area contributed by atoms with Gasteiger partial charge >= 0.3 is 5.97 Å². The molecule has 4 heteroatoms. The van der Waals surface area contributed by atoms with Crippen LogP contribution in [0.4, 0.5) is 5.69 Å². The van der Waals surface area contributed by atoms with Crippen molar-refractivity contribution in [2.75, 3.05) is 30.5 Å². The number of carbonyl (C=O) groups is 1. The Bertz CT molecular complexity index is 443. The number of carboxylic acid groups (broad SMARTS) is 1. The van der Waals surface area contributed by atoms with Crippen LogP contribution < -0.4 is 4.90 Å². The molecule has 0 atom stereocenters. The molecule has 1 rings (SSSR count). The van der Waals surface area contributed by atoms with Gasteiger partial charge in [0.05, 0.1) is 0 Å². The van der Waals surface area contributed by atoms with E-state index in [9.17, 15) is 4.79 Å². The maximum atomic E-state index is 10.5. The second-order valence-electron chi connectivity index (χ2n) is 4.13. The van der Waals surface area contributed by atoms with Gasteiger partial charge in [0.2, 0.25) is 0 Å². The molecule has 3 nitrogen and oxygen atoms in total. The third kappa shape index (κ3) is 4.45. The first-order chi connectivity index (χ1) is 8.54. The zero-order valence-corrected chi connectivity index (χ0v) is 11.8. The standard InChI is InChI=1S/C14H19NO2S/c1-11-10-12(5-7-14(16)17)4-6-13(11)15(2)8-9-18-3/h4-7,10H,8-9H2,1-3H3,(H,16,17)/b7-5+. The number of hydrogen-bond donors (Lipinski definition) is 1. The molecular formula is C14H19NO2S. The quantitative estimate of drug-likeness (QED) is 0.803. The SMILES string of the molecule is CSCCN(C)c1ccc(/C=C/C(=O)O)cc1C. The van der Waals surface area contributed by atoms with Crippen LogP contribution in [0.1, 0.15) is 11.1 Å². The average Bonchev–Trinajstić information content (AvgIpc) is 2.33. The van der Waals surface area contributed by atoms with Crippen LogP contribution in [-0.2, 0) is 4.79 Å². The Kier molecular flexibility index (Phi) is 5.78. The molecular weight excluding hydrogens is 246 g/mol. The maximum absolute atomic E-state index is 10.5. The highest BCUT2D eigenvalue weighted by Gasteiger charge is 2.04. The summed E-state index contributed by atoms with van der Waals surface area (Å²) in [6, 6.07) is 5.99. The van der Waals surface area contributed by atoms with Gasteiger partial charge in [0.25, 0.3) is 0 Å². The van der Waals surface area contributed by atoms with Crippen LogP contribution in [0.5, 0.6) is 0 Å². The van der Waals surface area contributed by atoms with E-state index in [0.717, 1.165) is 29.5 Å². The number of aryl methyl sites for hydroxylation is 1. The summed E-state index contributed by atoms with van der Waals surface area (Å²) in [7, 11) is 2.07. The van der Waals surface area contributed by atoms with Gasteiger partial charge in [-0.3, -0.25) is 0 Å². The molecule has 1 N–H and O–H groups in total. The highest BCUT2D eigenvalue weighted by Crippen LogP contribution is 2.21. The fourth-order valence-corrected chi connectivity index (χ4v) is 2.18. The second-order valence-corrected chi connectivity index (χ2v) is 5.12. The molecule has 0 heterocycles. The molecule has 0 spiro atoms. The molecule has 0 aliphatic heterocycles. The number of rotatable bonds is 6. The van der Waals surface area contributed by atoms with Crippen molar-refractivity contribution in [2.24, 2.45) is 0 Å². The molecule has 0 saturated heterocycles. The molecule has 0 aliphatic carbocycles. The molecule has 0 aromatic heterocycles. The first kappa shape index (κ1) is 14.6. The highest BCUT2D eigenvalue weighted by molar-refractivity contribution is 7.98. The van der Waals surface area contributed by atoms with Crippen molar-refractivity contribution in [3.8, 4) is 0 Å². The Morgan fingerprint density at radius 2 is 2.22 bits per heavy atom. The van der Waals surface area contributed by atoms with Crippen molar-refractivity contribution in [3.63, 3.8) is 0 Å². The first-order valence-electron chi connectivity index (χ1n) is 5.76. The minimum Gasteiger partial charge on any atom is -0.478 e. The third-order valence-corrected chi connectivity index (χ3v) is 3.27. The molecule has 0 aliphatic rings. The lowest BCUT2D eigenvalue weighted by molar-refractivity contribution is -0.131. The zero-order valence-electron chi connectivity index (χ0n) is 11.0. The summed E-state index contributed by atoms with van der Waals surface area (Å²) in [5.74, 6) is 0.171. The monoisotopic (exact) mass is 265 g/mol. The van der Waals surface area contributed by atoms with E-state index in [4.69, 9.17) is 5.11 Å². The summed E-state index contributed by atoms with van der Waals surface area (Å²) >= 11 is 1.83. The Labute approximate surface area is 113 Å². The van der Waals surface area contributed by atoms with Crippen molar-refractivity contribution < 1.29 is 9.90 Å². The Balaban J connectivity index is 2.82. The van der Waals surface area contributed by atoms with E-state index in [1.807, 2.05) is 36.9 Å². The van der Waals surface area contributed by atoms with Crippen LogP contribution in [0.15, 0.2) is 24.3 Å². The normalized spacial score (nSPS) is 10.8. The minimum absolute atomic E-state index is 0.914. The Morgan fingerprint density at radius 3 is 2.78 bits per heavy atom. The average molecular weight is 265 g/mol. The summed E-state index contributed by atoms with van der Waals surface area (Å²) in [4.78, 5) is 12.7. The lowest BCUT2D eigenvalue weighted by atomic mass is 10.1. The molecule has 98 valence electrons. The summed E-state index contributed by atoms with van der Waals surface area (Å²) < 4.78 is 0. The van der Waals surface area contributed by atoms with Gasteiger partial charge < -0.3 is 10.0 Å². The summed E-state index contributed by atoms with van der Waals surface area (Å²) in [6.45, 7) is 3.05. The molecule has 1 aromatic rings. The van der Waals surface area contributed by atoms with Gasteiger partial charge in [0, 0.05) is 31.1 Å². The minimum atomic E-state index is -0.922. The van der Waals surface area contributed by atoms with Gasteiger partial charge in [0.15, 0.2) is 0 Å². The Morgan fingerprint density at radius 1 is 1.50 bits per heavy atom. The van der Waals surface area contributed by atoms with Gasteiger partial charge in [-0.25, -0.2) is 4.79 Å². The summed E-state index contributed by atoms with van der Waals surface area (Å²) in [6.07, 6.45) is 4.87. The summed E-state index contributed by atoms with van der Waals surface area (Å²) in [5, 5.41) is 8.59. The van der Waals surface area contributed by atoms with E-state index in [0.29, 0.717) is 0 Å². The molecule has 0 bridgehead atoms. The van der Waals surface area contributed by atoms with Gasteiger partial charge in [-0.05, 0) is 42.5 Å². The highest BCUT2D eigenvalue weighted by atomic mass is 32.2. The van der Waals surface area contributed by atoms with Crippen molar-refractivity contribution in [3.05, 3.63) is 35.4 Å². The van der Waals surface area contributed by atoms with Gasteiger partial charge in [-0.15, -0.1) is 0 Å². The van der Waals surface area contributed by atoms with Gasteiger partial charge in [-0.1, -0.05) is 6.07 Å². The molecule has 0 amide bonds. The lowest BCUT2D eigenvalue weighted by Crippen LogP contribution is -2.21. The van der Waals surface area contributed by atoms with E-state index < -0.39 is 5.97 Å². The first-order valence-corrected chi connectivity index (χ1v) is 7.15. The fourth-order valence-electron chi connectivity index (χ4n) is 1.73. The van der Waals surface area contributed by atoms with Crippen LogP contribution in [-0.4, -0.2) is 36.7 Å². The second kappa shape index (κ2) is 7.11. The molecule has 0 saturated carbocycles. The van der Waals surface area contributed by atoms with E-state index in [2.05, 4.69) is 18.2 Å². The van der Waals surface area contributed by atoms with E-state index >= 15 is 0 Å². The van der Waals surface area contributed by atoms with Crippen molar-refractivity contribution in [1.29, 1.82) is 0 Å². The number of aliphatic carboxylic acids is 1. The number of benzene rings is 1. The van der Waals surface area contributed by atoms with E-state index in [-0.39, 0.29) is 0 Å². The molecule has 1 aromatic carbocycles. The van der Waals surface area contributed by atoms with Crippen molar-refractivity contribution in [2.45, 2.75) is 6.92 Å². The maximum Gasteiger partial charge on any atom is 0.328 e. The number of anilines is 1. The number of nitrogens with zero attached hydrogens (tertiary/aromatic N) is 1. The molecule has 18 heavy (non-hydrogen) atoms. The van der Waals surface area contributed by atoms with Crippen LogP contribution in [0.25, 0.3) is 6.08 Å². The summed E-state index contributed by atoms with van der Waals surface area (Å²) in [5.41, 5.74) is 3.26. The number of thioether (sulfide) groups is 1. The topological polar surface area (TPSA) is 40.5 Å². The molecule has 0 fully saturated rings. The predicted octanol–water partition coefficient (Wildman–Crippen LogP) is 2.89. The number of carboxylic acids is 1. The fraction of sp³-hybridized carbons (Fsp3) is 0.357. The number of hydrogen-bond acceptors (Lipinski definition) is 3. The van der Waals surface area contributed by atoms with Crippen molar-refractivity contribution >= 4 is 29.5 Å². The van der Waals surface area contributed by atoms with Crippen LogP contribution in [0.3, 0.4) is 0 Å². The van der Waals surface area contributed by atoms with E-state index in [1.54, 1.807) is 6.08 Å². The largest absolute Gasteiger partial charge is 0.478 e. The molecule has 0 unspecified atom stereocenters. The van der Waals surface area contributed by atoms with Gasteiger partial charge in [-0.2, -0.15) is 11.8 Å². The van der Waals surface area contributed by atoms with Gasteiger partial charge in [0.1, 0.15) is 0 Å². The lowest BCUT2D eigenvalue weighted by Gasteiger charge is -2.21. The predicted molar refractivity (Wildman–Crippen MR) is 79.5 cm³/mol. The van der Waals surface area contributed by atoms with Crippen molar-refractivity contribution in [1.82, 2.24) is 0 Å². The smallest absolute Gasteiger partial charge is 0.328 e. The Hall–Kier alpha value is -1.42. The van der Waals surface area contributed by atoms with Crippen LogP contribution in [0.2, 0.25) is 0 Å². The van der Waals surface area contributed by atoms with E-state index in [1.165, 1.54) is 5.69 Å². The third-order valence-electron chi connectivity index (χ3n) is 2.68. The van der Waals surface area contributed by atoms with Crippen LogP contribution >= 0.6 is 11.8 Å².